The highest BCUT2D eigenvalue weighted by atomic mass is 79.9. The van der Waals surface area contributed by atoms with E-state index in [2.05, 4.69) is 32.0 Å². The molecule has 0 saturated carbocycles. The number of hydrogen-bond acceptors (Lipinski definition) is 4. The van der Waals surface area contributed by atoms with Crippen molar-refractivity contribution in [1.29, 1.82) is 0 Å². The molecule has 0 fully saturated rings. The van der Waals surface area contributed by atoms with E-state index in [0.717, 1.165) is 15.6 Å². The molecule has 9 heteroatoms. The lowest BCUT2D eigenvalue weighted by Crippen LogP contribution is -2.36. The zero-order valence-corrected chi connectivity index (χ0v) is 21.6. The predicted octanol–water partition coefficient (Wildman–Crippen LogP) is 5.38. The molecule has 3 N–H and O–H groups in total. The number of carbonyl (C=O) groups excluding carboxylic acids is 3. The number of amides is 3. The summed E-state index contributed by atoms with van der Waals surface area (Å²) in [6.45, 7) is 6.21. The van der Waals surface area contributed by atoms with Gasteiger partial charge >= 0.3 is 11.8 Å². The lowest BCUT2D eigenvalue weighted by Gasteiger charge is -2.15. The van der Waals surface area contributed by atoms with Gasteiger partial charge in [-0.2, -0.15) is 0 Å². The van der Waals surface area contributed by atoms with Gasteiger partial charge in [-0.25, -0.2) is 4.68 Å². The van der Waals surface area contributed by atoms with Gasteiger partial charge in [0.1, 0.15) is 11.4 Å². The van der Waals surface area contributed by atoms with E-state index in [4.69, 9.17) is 4.74 Å². The van der Waals surface area contributed by atoms with Gasteiger partial charge in [0, 0.05) is 21.2 Å². The van der Waals surface area contributed by atoms with Crippen LogP contribution in [0, 0.1) is 13.8 Å². The summed E-state index contributed by atoms with van der Waals surface area (Å²) in [7, 11) is 0. The third-order valence-electron chi connectivity index (χ3n) is 5.56. The van der Waals surface area contributed by atoms with Crippen LogP contribution in [0.2, 0.25) is 0 Å². The Morgan fingerprint density at radius 3 is 2.25 bits per heavy atom. The zero-order chi connectivity index (χ0) is 25.8. The molecule has 8 nitrogen and oxygen atoms in total. The Hall–Kier alpha value is -4.11. The Balaban J connectivity index is 1.60. The second kappa shape index (κ2) is 10.7. The first kappa shape index (κ1) is 25.0. The van der Waals surface area contributed by atoms with Crippen LogP contribution in [0.4, 0.5) is 11.4 Å². The molecule has 0 radical (unpaired) electrons. The Kier molecular flexibility index (Phi) is 7.40. The quantitative estimate of drug-likeness (QED) is 0.281. The number of hydrogen-bond donors (Lipinski definition) is 3. The molecule has 184 valence electrons. The van der Waals surface area contributed by atoms with Gasteiger partial charge in [-0.1, -0.05) is 34.1 Å². The minimum Gasteiger partial charge on any atom is -0.494 e. The molecule has 0 bridgehead atoms. The lowest BCUT2D eigenvalue weighted by molar-refractivity contribution is -0.133. The first-order valence-corrected chi connectivity index (χ1v) is 12.1. The minimum absolute atomic E-state index is 0.174. The number of benzene rings is 3. The van der Waals surface area contributed by atoms with Gasteiger partial charge in [0.2, 0.25) is 0 Å². The molecule has 0 saturated heterocycles. The number of para-hydroxylation sites is 1. The van der Waals surface area contributed by atoms with Gasteiger partial charge in [0.15, 0.2) is 0 Å². The van der Waals surface area contributed by atoms with E-state index in [0.29, 0.717) is 34.6 Å². The largest absolute Gasteiger partial charge is 0.494 e. The maximum Gasteiger partial charge on any atom is 0.328 e. The van der Waals surface area contributed by atoms with Gasteiger partial charge in [0.25, 0.3) is 5.91 Å². The van der Waals surface area contributed by atoms with Gasteiger partial charge in [0.05, 0.1) is 12.1 Å². The number of rotatable bonds is 6. The van der Waals surface area contributed by atoms with Crippen molar-refractivity contribution >= 4 is 55.9 Å². The van der Waals surface area contributed by atoms with E-state index >= 15 is 0 Å². The first-order valence-electron chi connectivity index (χ1n) is 11.3. The summed E-state index contributed by atoms with van der Waals surface area (Å²) in [6.07, 6.45) is 0. The van der Waals surface area contributed by atoms with Crippen molar-refractivity contribution in [3.63, 3.8) is 0 Å². The molecule has 0 atom stereocenters. The number of halogens is 1. The standard InChI is InChI=1S/C27H25BrN4O4/c1-4-36-21-11-9-20(10-12-21)29-26(34)27(35)31-32-22-13-8-19(28)14-18(22)15-23(32)25(33)30-24-16(2)6-5-7-17(24)3/h5-15H,4H2,1-3H3,(H,29,34)(H,30,33)(H,31,35). The Bertz CT molecular complexity index is 1440. The molecule has 36 heavy (non-hydrogen) atoms. The van der Waals surface area contributed by atoms with Crippen molar-refractivity contribution in [2.24, 2.45) is 0 Å². The monoisotopic (exact) mass is 548 g/mol. The molecule has 1 aromatic heterocycles. The lowest BCUT2D eigenvalue weighted by atomic mass is 10.1. The number of nitrogens with zero attached hydrogens (tertiary/aromatic N) is 1. The van der Waals surface area contributed by atoms with Crippen LogP contribution in [-0.2, 0) is 9.59 Å². The van der Waals surface area contributed by atoms with E-state index in [1.54, 1.807) is 42.5 Å². The highest BCUT2D eigenvalue weighted by Gasteiger charge is 2.22. The number of ether oxygens (including phenoxy) is 1. The van der Waals surface area contributed by atoms with E-state index in [9.17, 15) is 14.4 Å². The fourth-order valence-electron chi connectivity index (χ4n) is 3.80. The van der Waals surface area contributed by atoms with E-state index in [1.807, 2.05) is 45.0 Å². The highest BCUT2D eigenvalue weighted by molar-refractivity contribution is 9.10. The number of fused-ring (bicyclic) bond motifs is 1. The van der Waals surface area contributed by atoms with Crippen LogP contribution < -0.4 is 20.8 Å². The summed E-state index contributed by atoms with van der Waals surface area (Å²) in [5, 5.41) is 6.20. The number of carbonyl (C=O) groups is 3. The van der Waals surface area contributed by atoms with Crippen molar-refractivity contribution in [3.8, 4) is 5.75 Å². The first-order chi connectivity index (χ1) is 17.3. The van der Waals surface area contributed by atoms with Crippen molar-refractivity contribution in [1.82, 2.24) is 4.68 Å². The van der Waals surface area contributed by atoms with Crippen LogP contribution in [0.3, 0.4) is 0 Å². The van der Waals surface area contributed by atoms with Crippen molar-refractivity contribution in [2.45, 2.75) is 20.8 Å². The SMILES string of the molecule is CCOc1ccc(NC(=O)C(=O)Nn2c(C(=O)Nc3c(C)cccc3C)cc3cc(Br)ccc32)cc1. The molecule has 0 unspecified atom stereocenters. The van der Waals surface area contributed by atoms with Gasteiger partial charge < -0.3 is 15.4 Å². The van der Waals surface area contributed by atoms with Crippen LogP contribution in [0.1, 0.15) is 28.5 Å². The van der Waals surface area contributed by atoms with Crippen molar-refractivity contribution in [2.75, 3.05) is 22.7 Å². The molecule has 3 aromatic carbocycles. The normalized spacial score (nSPS) is 10.7. The summed E-state index contributed by atoms with van der Waals surface area (Å²) in [4.78, 5) is 38.8. The molecular formula is C27H25BrN4O4. The summed E-state index contributed by atoms with van der Waals surface area (Å²) in [5.41, 5.74) is 6.25. The van der Waals surface area contributed by atoms with Crippen LogP contribution >= 0.6 is 15.9 Å². The molecular weight excluding hydrogens is 524 g/mol. The van der Waals surface area contributed by atoms with Crippen LogP contribution in [-0.4, -0.2) is 29.0 Å². The summed E-state index contributed by atoms with van der Waals surface area (Å²) >= 11 is 3.43. The maximum absolute atomic E-state index is 13.3. The Morgan fingerprint density at radius 1 is 0.889 bits per heavy atom. The van der Waals surface area contributed by atoms with Crippen molar-refractivity contribution in [3.05, 3.63) is 88.0 Å². The minimum atomic E-state index is -0.926. The van der Waals surface area contributed by atoms with Gasteiger partial charge in [-0.05, 0) is 80.4 Å². The number of aryl methyl sites for hydroxylation is 2. The summed E-state index contributed by atoms with van der Waals surface area (Å²) in [6, 6.07) is 19.4. The fourth-order valence-corrected chi connectivity index (χ4v) is 4.18. The molecule has 4 rings (SSSR count). The highest BCUT2D eigenvalue weighted by Crippen LogP contribution is 2.25. The average molecular weight is 549 g/mol. The Labute approximate surface area is 216 Å². The smallest absolute Gasteiger partial charge is 0.328 e. The van der Waals surface area contributed by atoms with Gasteiger partial charge in [-0.3, -0.25) is 19.8 Å². The molecule has 0 aliphatic carbocycles. The number of nitrogens with one attached hydrogen (secondary N) is 3. The van der Waals surface area contributed by atoms with Crippen LogP contribution in [0.5, 0.6) is 5.75 Å². The van der Waals surface area contributed by atoms with Crippen LogP contribution in [0.25, 0.3) is 10.9 Å². The second-order valence-electron chi connectivity index (χ2n) is 8.14. The average Bonchev–Trinajstić information content (AvgIpc) is 3.20. The molecule has 0 aliphatic rings. The molecule has 3 amide bonds. The van der Waals surface area contributed by atoms with E-state index in [-0.39, 0.29) is 5.69 Å². The summed E-state index contributed by atoms with van der Waals surface area (Å²) in [5.74, 6) is -1.57. The molecule has 0 spiro atoms. The Morgan fingerprint density at radius 2 is 1.58 bits per heavy atom. The topological polar surface area (TPSA) is 101 Å². The molecule has 4 aromatic rings. The van der Waals surface area contributed by atoms with Crippen molar-refractivity contribution < 1.29 is 19.1 Å². The van der Waals surface area contributed by atoms with Crippen LogP contribution in [0.15, 0.2) is 71.2 Å². The number of anilines is 2. The third-order valence-corrected chi connectivity index (χ3v) is 6.05. The number of aromatic nitrogens is 1. The predicted molar refractivity (Wildman–Crippen MR) is 144 cm³/mol. The fraction of sp³-hybridized carbons (Fsp3) is 0.148. The molecule has 0 aliphatic heterocycles. The summed E-state index contributed by atoms with van der Waals surface area (Å²) < 4.78 is 7.53. The molecule has 1 heterocycles. The van der Waals surface area contributed by atoms with E-state index in [1.165, 1.54) is 4.68 Å². The maximum atomic E-state index is 13.3. The van der Waals surface area contributed by atoms with Gasteiger partial charge in [-0.15, -0.1) is 0 Å². The zero-order valence-electron chi connectivity index (χ0n) is 20.0. The third kappa shape index (κ3) is 5.41. The van der Waals surface area contributed by atoms with E-state index < -0.39 is 17.7 Å². The second-order valence-corrected chi connectivity index (χ2v) is 9.06.